The second-order valence-electron chi connectivity index (χ2n) is 3.02. The van der Waals surface area contributed by atoms with Crippen molar-refractivity contribution in [1.29, 1.82) is 0 Å². The van der Waals surface area contributed by atoms with E-state index in [0.29, 0.717) is 5.92 Å². The third-order valence-corrected chi connectivity index (χ3v) is 2.25. The minimum absolute atomic E-state index is 0.121. The highest BCUT2D eigenvalue weighted by atomic mass is 16.3. The number of aliphatic hydroxyl groups excluding tert-OH is 1. The van der Waals surface area contributed by atoms with Gasteiger partial charge in [0.05, 0.1) is 6.10 Å². The van der Waals surface area contributed by atoms with Crippen molar-refractivity contribution in [2.75, 3.05) is 13.1 Å². The van der Waals surface area contributed by atoms with Crippen molar-refractivity contribution in [2.45, 2.75) is 25.9 Å². The maximum Gasteiger partial charge on any atom is 0.0593 e. The lowest BCUT2D eigenvalue weighted by Gasteiger charge is -2.32. The molecule has 0 aromatic heterocycles. The van der Waals surface area contributed by atoms with Crippen LogP contribution in [0.5, 0.6) is 0 Å². The Morgan fingerprint density at radius 3 is 2.90 bits per heavy atom. The predicted octanol–water partition coefficient (Wildman–Crippen LogP) is -0.0471. The summed E-state index contributed by atoms with van der Waals surface area (Å²) in [6.07, 6.45) is 1.73. The van der Waals surface area contributed by atoms with Gasteiger partial charge in [0.1, 0.15) is 0 Å². The molecule has 10 heavy (non-hydrogen) atoms. The summed E-state index contributed by atoms with van der Waals surface area (Å²) in [5.41, 5.74) is 0. The summed E-state index contributed by atoms with van der Waals surface area (Å²) in [4.78, 5) is 0. The first kappa shape index (κ1) is 7.98. The summed E-state index contributed by atoms with van der Waals surface area (Å²) in [6, 6.07) is 0. The lowest BCUT2D eigenvalue weighted by Crippen LogP contribution is -2.46. The Hall–Kier alpha value is -0.120. The van der Waals surface area contributed by atoms with Crippen LogP contribution in [0.4, 0.5) is 0 Å². The van der Waals surface area contributed by atoms with E-state index in [1.165, 1.54) is 0 Å². The topological polar surface area (TPSA) is 49.5 Å². The van der Waals surface area contributed by atoms with Gasteiger partial charge >= 0.3 is 0 Å². The highest BCUT2D eigenvalue weighted by Gasteiger charge is 2.24. The normalized spacial score (nSPS) is 36.3. The average molecular weight is 144 g/mol. The molecule has 1 heterocycles. The molecule has 0 unspecified atom stereocenters. The van der Waals surface area contributed by atoms with Crippen LogP contribution in [0.3, 0.4) is 0 Å². The van der Waals surface area contributed by atoms with Gasteiger partial charge in [0.15, 0.2) is 0 Å². The fourth-order valence-corrected chi connectivity index (χ4v) is 1.45. The summed E-state index contributed by atoms with van der Waals surface area (Å²) in [7, 11) is 0. The van der Waals surface area contributed by atoms with Crippen LogP contribution >= 0.6 is 0 Å². The van der Waals surface area contributed by atoms with Crippen molar-refractivity contribution >= 4 is 0 Å². The number of rotatable bonds is 1. The Labute approximate surface area is 61.8 Å². The lowest BCUT2D eigenvalue weighted by molar-refractivity contribution is 0.0250. The van der Waals surface area contributed by atoms with E-state index in [2.05, 4.69) is 6.92 Å². The molecule has 1 fully saturated rings. The molecule has 1 aliphatic heterocycles. The molecule has 0 aromatic carbocycles. The van der Waals surface area contributed by atoms with E-state index in [1.807, 2.05) is 0 Å². The molecule has 3 heteroatoms. The van der Waals surface area contributed by atoms with Gasteiger partial charge in [0, 0.05) is 13.1 Å². The second-order valence-corrected chi connectivity index (χ2v) is 3.02. The molecule has 0 amide bonds. The minimum atomic E-state index is -0.121. The van der Waals surface area contributed by atoms with Crippen LogP contribution in [0.15, 0.2) is 0 Å². The third-order valence-electron chi connectivity index (χ3n) is 2.25. The van der Waals surface area contributed by atoms with E-state index < -0.39 is 0 Å². The quantitative estimate of drug-likeness (QED) is 0.507. The zero-order valence-corrected chi connectivity index (χ0v) is 6.45. The molecule has 0 bridgehead atoms. The second kappa shape index (κ2) is 3.32. The van der Waals surface area contributed by atoms with E-state index in [0.717, 1.165) is 25.9 Å². The van der Waals surface area contributed by atoms with Crippen LogP contribution in [0, 0.1) is 5.92 Å². The molecule has 60 valence electrons. The summed E-state index contributed by atoms with van der Waals surface area (Å²) in [5.74, 6) is 5.97. The Morgan fingerprint density at radius 1 is 1.70 bits per heavy atom. The monoisotopic (exact) mass is 144 g/mol. The van der Waals surface area contributed by atoms with Gasteiger partial charge in [-0.15, -0.1) is 0 Å². The molecular weight excluding hydrogens is 128 g/mol. The molecule has 3 nitrogen and oxygen atoms in total. The predicted molar refractivity (Wildman–Crippen MR) is 40.2 cm³/mol. The Kier molecular flexibility index (Phi) is 2.65. The van der Waals surface area contributed by atoms with Crippen LogP contribution in [0.2, 0.25) is 0 Å². The fraction of sp³-hybridized carbons (Fsp3) is 1.00. The van der Waals surface area contributed by atoms with E-state index >= 15 is 0 Å². The van der Waals surface area contributed by atoms with Crippen LogP contribution in [0.25, 0.3) is 0 Å². The molecule has 3 N–H and O–H groups in total. The van der Waals surface area contributed by atoms with Crippen LogP contribution in [-0.4, -0.2) is 29.3 Å². The molecular formula is C7H16N2O. The van der Waals surface area contributed by atoms with E-state index in [1.54, 1.807) is 5.01 Å². The Morgan fingerprint density at radius 2 is 2.40 bits per heavy atom. The third kappa shape index (κ3) is 1.68. The highest BCUT2D eigenvalue weighted by molar-refractivity contribution is 4.76. The minimum Gasteiger partial charge on any atom is -0.393 e. The number of nitrogens with zero attached hydrogens (tertiary/aromatic N) is 1. The maximum atomic E-state index is 9.40. The standard InChI is InChI=1S/C7H16N2O/c1-2-6-5-9(8)4-3-7(6)10/h6-7,10H,2-5,8H2,1H3/t6-,7-/m1/s1. The van der Waals surface area contributed by atoms with Crippen molar-refractivity contribution in [2.24, 2.45) is 11.8 Å². The van der Waals surface area contributed by atoms with Crippen molar-refractivity contribution in [1.82, 2.24) is 5.01 Å². The SMILES string of the molecule is CC[C@@H]1CN(N)CC[C@H]1O. The first-order chi connectivity index (χ1) is 4.74. The van der Waals surface area contributed by atoms with Gasteiger partial charge in [-0.2, -0.15) is 0 Å². The zero-order chi connectivity index (χ0) is 7.56. The first-order valence-corrected chi connectivity index (χ1v) is 3.91. The van der Waals surface area contributed by atoms with Gasteiger partial charge in [-0.3, -0.25) is 5.84 Å². The van der Waals surface area contributed by atoms with Gasteiger partial charge in [0.2, 0.25) is 0 Å². The van der Waals surface area contributed by atoms with Gasteiger partial charge < -0.3 is 5.11 Å². The van der Waals surface area contributed by atoms with Gasteiger partial charge in [0.25, 0.3) is 0 Å². The highest BCUT2D eigenvalue weighted by Crippen LogP contribution is 2.17. The Bertz CT molecular complexity index is 108. The first-order valence-electron chi connectivity index (χ1n) is 3.91. The average Bonchev–Trinajstić information content (AvgIpc) is 1.94. The number of aliphatic hydroxyl groups is 1. The van der Waals surface area contributed by atoms with Crippen molar-refractivity contribution in [3.63, 3.8) is 0 Å². The summed E-state index contributed by atoms with van der Waals surface area (Å²) in [6.45, 7) is 3.77. The van der Waals surface area contributed by atoms with Gasteiger partial charge in [-0.05, 0) is 18.8 Å². The van der Waals surface area contributed by atoms with Crippen molar-refractivity contribution < 1.29 is 5.11 Å². The largest absolute Gasteiger partial charge is 0.393 e. The summed E-state index contributed by atoms with van der Waals surface area (Å²) in [5, 5.41) is 11.2. The van der Waals surface area contributed by atoms with E-state index in [9.17, 15) is 5.11 Å². The number of hydrazine groups is 1. The van der Waals surface area contributed by atoms with E-state index in [-0.39, 0.29) is 6.10 Å². The summed E-state index contributed by atoms with van der Waals surface area (Å²) >= 11 is 0. The molecule has 2 atom stereocenters. The van der Waals surface area contributed by atoms with Crippen molar-refractivity contribution in [3.8, 4) is 0 Å². The van der Waals surface area contributed by atoms with Gasteiger partial charge in [-0.25, -0.2) is 5.01 Å². The number of hydrogen-bond donors (Lipinski definition) is 2. The maximum absolute atomic E-state index is 9.40. The van der Waals surface area contributed by atoms with Crippen LogP contribution < -0.4 is 5.84 Å². The van der Waals surface area contributed by atoms with Crippen LogP contribution in [-0.2, 0) is 0 Å². The molecule has 0 radical (unpaired) electrons. The van der Waals surface area contributed by atoms with Crippen molar-refractivity contribution in [3.05, 3.63) is 0 Å². The fourth-order valence-electron chi connectivity index (χ4n) is 1.45. The molecule has 0 saturated carbocycles. The number of hydrogen-bond acceptors (Lipinski definition) is 3. The summed E-state index contributed by atoms with van der Waals surface area (Å²) < 4.78 is 0. The lowest BCUT2D eigenvalue weighted by atomic mass is 9.93. The Balaban J connectivity index is 2.38. The molecule has 0 aromatic rings. The number of nitrogens with two attached hydrogens (primary N) is 1. The van der Waals surface area contributed by atoms with Crippen LogP contribution in [0.1, 0.15) is 19.8 Å². The number of piperidine rings is 1. The molecule has 0 aliphatic carbocycles. The molecule has 1 saturated heterocycles. The smallest absolute Gasteiger partial charge is 0.0593 e. The zero-order valence-electron chi connectivity index (χ0n) is 6.45. The molecule has 1 aliphatic rings. The molecule has 0 spiro atoms. The van der Waals surface area contributed by atoms with Gasteiger partial charge in [-0.1, -0.05) is 6.92 Å². The van der Waals surface area contributed by atoms with E-state index in [4.69, 9.17) is 5.84 Å². The molecule has 1 rings (SSSR count).